The molecule has 1 atom stereocenters. The van der Waals surface area contributed by atoms with E-state index in [9.17, 15) is 4.79 Å². The van der Waals surface area contributed by atoms with Crippen LogP contribution in [-0.2, 0) is 10.2 Å². The first-order valence-electron chi connectivity index (χ1n) is 7.73. The van der Waals surface area contributed by atoms with Gasteiger partial charge in [0.05, 0.1) is 6.54 Å². The van der Waals surface area contributed by atoms with Crippen molar-refractivity contribution in [2.75, 3.05) is 13.2 Å². The van der Waals surface area contributed by atoms with Crippen LogP contribution in [0, 0.1) is 0 Å². The van der Waals surface area contributed by atoms with Crippen LogP contribution >= 0.6 is 0 Å². The third kappa shape index (κ3) is 4.81. The number of carbonyl (C=O) groups excluding carboxylic acids is 1. The molecule has 0 spiro atoms. The van der Waals surface area contributed by atoms with E-state index in [4.69, 9.17) is 4.74 Å². The molecule has 0 bridgehead atoms. The van der Waals surface area contributed by atoms with Gasteiger partial charge in [-0.3, -0.25) is 4.79 Å². The van der Waals surface area contributed by atoms with Gasteiger partial charge in [-0.25, -0.2) is 9.67 Å². The molecule has 6 heteroatoms. The summed E-state index contributed by atoms with van der Waals surface area (Å²) in [6, 6.07) is 7.67. The summed E-state index contributed by atoms with van der Waals surface area (Å²) in [6.07, 6.45) is 2.94. The summed E-state index contributed by atoms with van der Waals surface area (Å²) in [6.45, 7) is 9.16. The first kappa shape index (κ1) is 17.0. The van der Waals surface area contributed by atoms with Crippen molar-refractivity contribution in [2.24, 2.45) is 0 Å². The highest BCUT2D eigenvalue weighted by Crippen LogP contribution is 2.24. The predicted octanol–water partition coefficient (Wildman–Crippen LogP) is 2.33. The number of benzene rings is 1. The molecule has 124 valence electrons. The molecule has 2 rings (SSSR count). The second-order valence-corrected chi connectivity index (χ2v) is 6.47. The number of nitrogens with zero attached hydrogens (tertiary/aromatic N) is 3. The number of aromatic nitrogens is 3. The smallest absolute Gasteiger partial charge is 0.244 e. The van der Waals surface area contributed by atoms with Crippen LogP contribution in [0.4, 0.5) is 0 Å². The zero-order valence-electron chi connectivity index (χ0n) is 14.1. The maximum atomic E-state index is 12.0. The molecule has 1 heterocycles. The van der Waals surface area contributed by atoms with Crippen LogP contribution in [0.3, 0.4) is 0 Å². The third-order valence-corrected chi connectivity index (χ3v) is 3.60. The number of rotatable bonds is 6. The molecule has 0 aliphatic carbocycles. The van der Waals surface area contributed by atoms with E-state index in [1.54, 1.807) is 6.92 Å². The van der Waals surface area contributed by atoms with E-state index in [-0.39, 0.29) is 17.4 Å². The van der Waals surface area contributed by atoms with Crippen LogP contribution in [-0.4, -0.2) is 33.8 Å². The topological polar surface area (TPSA) is 69.0 Å². The Bertz CT molecular complexity index is 615. The number of hydrogen-bond acceptors (Lipinski definition) is 4. The zero-order chi connectivity index (χ0) is 16.9. The lowest BCUT2D eigenvalue weighted by Crippen LogP contribution is -2.34. The van der Waals surface area contributed by atoms with E-state index >= 15 is 0 Å². The molecule has 2 aromatic rings. The van der Waals surface area contributed by atoms with E-state index in [1.165, 1.54) is 22.9 Å². The minimum Gasteiger partial charge on any atom is -0.492 e. The Morgan fingerprint density at radius 3 is 2.57 bits per heavy atom. The first-order valence-corrected chi connectivity index (χ1v) is 7.73. The van der Waals surface area contributed by atoms with Crippen LogP contribution in [0.2, 0.25) is 0 Å². The quantitative estimate of drug-likeness (QED) is 0.831. The van der Waals surface area contributed by atoms with E-state index in [2.05, 4.69) is 48.3 Å². The molecule has 0 aliphatic heterocycles. The Labute approximate surface area is 136 Å². The number of hydrogen-bond donors (Lipinski definition) is 1. The van der Waals surface area contributed by atoms with Crippen LogP contribution in [0.25, 0.3) is 0 Å². The van der Waals surface area contributed by atoms with Gasteiger partial charge in [-0.2, -0.15) is 5.10 Å². The number of ether oxygens (including phenoxy) is 1. The molecule has 1 aromatic carbocycles. The van der Waals surface area contributed by atoms with Gasteiger partial charge in [0, 0.05) is 0 Å². The highest BCUT2D eigenvalue weighted by molar-refractivity contribution is 5.79. The highest BCUT2D eigenvalue weighted by atomic mass is 16.5. The predicted molar refractivity (Wildman–Crippen MR) is 88.4 cm³/mol. The molecular weight excluding hydrogens is 292 g/mol. The van der Waals surface area contributed by atoms with Crippen molar-refractivity contribution in [3.63, 3.8) is 0 Å². The second-order valence-electron chi connectivity index (χ2n) is 6.47. The van der Waals surface area contributed by atoms with Crippen molar-refractivity contribution in [2.45, 2.75) is 39.2 Å². The van der Waals surface area contributed by atoms with Gasteiger partial charge in [0.1, 0.15) is 31.1 Å². The number of nitrogens with one attached hydrogen (secondary N) is 1. The summed E-state index contributed by atoms with van der Waals surface area (Å²) in [5.74, 6) is 0.693. The molecule has 0 aliphatic rings. The summed E-state index contributed by atoms with van der Waals surface area (Å²) >= 11 is 0. The molecular formula is C17H24N4O2. The first-order chi connectivity index (χ1) is 10.9. The number of amides is 1. The maximum Gasteiger partial charge on any atom is 0.244 e. The summed E-state index contributed by atoms with van der Waals surface area (Å²) in [7, 11) is 0. The molecule has 1 N–H and O–H groups in total. The van der Waals surface area contributed by atoms with Gasteiger partial charge in [0.15, 0.2) is 0 Å². The van der Waals surface area contributed by atoms with Gasteiger partial charge < -0.3 is 10.1 Å². The normalized spacial score (nSPS) is 12.7. The average Bonchev–Trinajstić information content (AvgIpc) is 3.04. The van der Waals surface area contributed by atoms with Gasteiger partial charge in [-0.15, -0.1) is 0 Å². The van der Waals surface area contributed by atoms with Crippen molar-refractivity contribution in [1.29, 1.82) is 0 Å². The van der Waals surface area contributed by atoms with Crippen molar-refractivity contribution < 1.29 is 9.53 Å². The number of carbonyl (C=O) groups is 1. The van der Waals surface area contributed by atoms with Gasteiger partial charge in [-0.05, 0) is 30.0 Å². The average molecular weight is 316 g/mol. The summed E-state index contributed by atoms with van der Waals surface area (Å²) in [4.78, 5) is 15.8. The fourth-order valence-corrected chi connectivity index (χ4v) is 2.08. The van der Waals surface area contributed by atoms with Crippen LogP contribution in [0.1, 0.15) is 39.3 Å². The van der Waals surface area contributed by atoms with E-state index in [1.807, 2.05) is 12.1 Å². The van der Waals surface area contributed by atoms with Crippen molar-refractivity contribution in [3.8, 4) is 5.75 Å². The summed E-state index contributed by atoms with van der Waals surface area (Å²) in [5, 5.41) is 6.78. The Hall–Kier alpha value is -2.37. The molecule has 0 saturated heterocycles. The minimum absolute atomic E-state index is 0.109. The van der Waals surface area contributed by atoms with Crippen LogP contribution in [0.5, 0.6) is 5.75 Å². The van der Waals surface area contributed by atoms with E-state index < -0.39 is 0 Å². The Balaban J connectivity index is 1.74. The van der Waals surface area contributed by atoms with Gasteiger partial charge in [0.2, 0.25) is 5.91 Å². The van der Waals surface area contributed by atoms with E-state index in [0.29, 0.717) is 13.2 Å². The van der Waals surface area contributed by atoms with Crippen LogP contribution < -0.4 is 10.1 Å². The van der Waals surface area contributed by atoms with Crippen molar-refractivity contribution in [1.82, 2.24) is 20.1 Å². The van der Waals surface area contributed by atoms with Crippen molar-refractivity contribution in [3.05, 3.63) is 42.5 Å². The molecule has 0 radical (unpaired) electrons. The molecule has 0 saturated carbocycles. The lowest BCUT2D eigenvalue weighted by molar-refractivity contribution is -0.124. The Morgan fingerprint density at radius 1 is 1.30 bits per heavy atom. The van der Waals surface area contributed by atoms with Crippen LogP contribution in [0.15, 0.2) is 36.9 Å². The molecule has 1 unspecified atom stereocenters. The monoisotopic (exact) mass is 316 g/mol. The third-order valence-electron chi connectivity index (χ3n) is 3.60. The summed E-state index contributed by atoms with van der Waals surface area (Å²) in [5.41, 5.74) is 1.39. The minimum atomic E-state index is -0.386. The largest absolute Gasteiger partial charge is 0.492 e. The summed E-state index contributed by atoms with van der Waals surface area (Å²) < 4.78 is 7.16. The lowest BCUT2D eigenvalue weighted by atomic mass is 9.87. The van der Waals surface area contributed by atoms with Crippen molar-refractivity contribution >= 4 is 5.91 Å². The SMILES string of the molecule is CC(C(=O)NCCOc1ccc(C(C)(C)C)cc1)n1cncn1. The maximum absolute atomic E-state index is 12.0. The standard InChI is InChI=1S/C17H24N4O2/c1-13(21-12-18-11-20-21)16(22)19-9-10-23-15-7-5-14(6-8-15)17(2,3)4/h5-8,11-13H,9-10H2,1-4H3,(H,19,22). The Kier molecular flexibility index (Phi) is 5.36. The fourth-order valence-electron chi connectivity index (χ4n) is 2.08. The second kappa shape index (κ2) is 7.26. The Morgan fingerprint density at radius 2 is 2.00 bits per heavy atom. The molecule has 1 amide bonds. The van der Waals surface area contributed by atoms with Gasteiger partial charge in [-0.1, -0.05) is 32.9 Å². The lowest BCUT2D eigenvalue weighted by Gasteiger charge is -2.19. The van der Waals surface area contributed by atoms with Gasteiger partial charge in [0.25, 0.3) is 0 Å². The molecule has 23 heavy (non-hydrogen) atoms. The fraction of sp³-hybridized carbons (Fsp3) is 0.471. The molecule has 1 aromatic heterocycles. The highest BCUT2D eigenvalue weighted by Gasteiger charge is 2.15. The van der Waals surface area contributed by atoms with E-state index in [0.717, 1.165) is 5.75 Å². The molecule has 6 nitrogen and oxygen atoms in total. The van der Waals surface area contributed by atoms with Gasteiger partial charge >= 0.3 is 0 Å². The zero-order valence-corrected chi connectivity index (χ0v) is 14.1. The molecule has 0 fully saturated rings.